The van der Waals surface area contributed by atoms with Crippen molar-refractivity contribution in [1.82, 2.24) is 5.32 Å². The molecule has 0 aliphatic rings. The summed E-state index contributed by atoms with van der Waals surface area (Å²) in [5.41, 5.74) is 0.989. The molecule has 2 N–H and O–H groups in total. The highest BCUT2D eigenvalue weighted by Gasteiger charge is 2.14. The largest absolute Gasteiger partial charge is 0.490 e. The van der Waals surface area contributed by atoms with E-state index in [0.717, 1.165) is 24.9 Å². The molecule has 0 aliphatic carbocycles. The van der Waals surface area contributed by atoms with Crippen LogP contribution in [0, 0.1) is 10.1 Å². The average Bonchev–Trinajstić information content (AvgIpc) is 2.38. The van der Waals surface area contributed by atoms with Gasteiger partial charge < -0.3 is 15.2 Å². The van der Waals surface area contributed by atoms with Crippen LogP contribution in [-0.4, -0.2) is 36.8 Å². The molecular formula is C12H18N2O4. The Kier molecular flexibility index (Phi) is 6.10. The summed E-state index contributed by atoms with van der Waals surface area (Å²) in [5.74, 6) is 0.292. The Labute approximate surface area is 106 Å². The first-order valence-electron chi connectivity index (χ1n) is 5.82. The highest BCUT2D eigenvalue weighted by molar-refractivity contribution is 5.48. The zero-order chi connectivity index (χ0) is 13.4. The second-order valence-electron chi connectivity index (χ2n) is 3.84. The Bertz CT molecular complexity index is 396. The van der Waals surface area contributed by atoms with Gasteiger partial charge in [-0.3, -0.25) is 10.1 Å². The topological polar surface area (TPSA) is 84.6 Å². The molecule has 1 aromatic rings. The molecule has 1 aromatic carbocycles. The zero-order valence-electron chi connectivity index (χ0n) is 10.4. The SMILES string of the molecule is COc1cc(CCCNCCO)ccc1[N+](=O)[O-]. The molecule has 0 fully saturated rings. The normalized spacial score (nSPS) is 10.3. The van der Waals surface area contributed by atoms with Crippen molar-refractivity contribution in [2.75, 3.05) is 26.8 Å². The molecule has 0 bridgehead atoms. The number of hydrogen-bond acceptors (Lipinski definition) is 5. The van der Waals surface area contributed by atoms with Gasteiger partial charge in [0.05, 0.1) is 18.6 Å². The van der Waals surface area contributed by atoms with Gasteiger partial charge in [0.2, 0.25) is 0 Å². The van der Waals surface area contributed by atoms with Crippen LogP contribution in [0.3, 0.4) is 0 Å². The minimum Gasteiger partial charge on any atom is -0.490 e. The molecule has 0 saturated heterocycles. The van der Waals surface area contributed by atoms with Crippen molar-refractivity contribution in [2.24, 2.45) is 0 Å². The number of methoxy groups -OCH3 is 1. The van der Waals surface area contributed by atoms with E-state index in [9.17, 15) is 10.1 Å². The van der Waals surface area contributed by atoms with Crippen molar-refractivity contribution in [3.63, 3.8) is 0 Å². The van der Waals surface area contributed by atoms with Gasteiger partial charge in [-0.2, -0.15) is 0 Å². The number of aliphatic hydroxyl groups excluding tert-OH is 1. The minimum absolute atomic E-state index is 0.0142. The summed E-state index contributed by atoms with van der Waals surface area (Å²) in [6, 6.07) is 4.91. The van der Waals surface area contributed by atoms with E-state index in [2.05, 4.69) is 5.32 Å². The number of benzene rings is 1. The van der Waals surface area contributed by atoms with Crippen LogP contribution >= 0.6 is 0 Å². The first-order valence-corrected chi connectivity index (χ1v) is 5.82. The number of hydrogen-bond donors (Lipinski definition) is 2. The van der Waals surface area contributed by atoms with Crippen LogP contribution < -0.4 is 10.1 Å². The quantitative estimate of drug-likeness (QED) is 0.412. The second-order valence-corrected chi connectivity index (χ2v) is 3.84. The number of nitrogens with one attached hydrogen (secondary N) is 1. The van der Waals surface area contributed by atoms with Crippen molar-refractivity contribution in [2.45, 2.75) is 12.8 Å². The summed E-state index contributed by atoms with van der Waals surface area (Å²) < 4.78 is 5.00. The van der Waals surface area contributed by atoms with Crippen LogP contribution in [0.5, 0.6) is 5.75 Å². The van der Waals surface area contributed by atoms with Gasteiger partial charge in [-0.1, -0.05) is 6.07 Å². The fourth-order valence-electron chi connectivity index (χ4n) is 1.65. The van der Waals surface area contributed by atoms with Gasteiger partial charge in [-0.05, 0) is 31.0 Å². The van der Waals surface area contributed by atoms with E-state index < -0.39 is 4.92 Å². The summed E-state index contributed by atoms with van der Waals surface area (Å²) >= 11 is 0. The van der Waals surface area contributed by atoms with E-state index in [1.54, 1.807) is 12.1 Å². The third-order valence-electron chi connectivity index (χ3n) is 2.55. The van der Waals surface area contributed by atoms with Gasteiger partial charge >= 0.3 is 5.69 Å². The van der Waals surface area contributed by atoms with Crippen molar-refractivity contribution in [3.8, 4) is 5.75 Å². The molecular weight excluding hydrogens is 236 g/mol. The molecule has 0 unspecified atom stereocenters. The highest BCUT2D eigenvalue weighted by atomic mass is 16.6. The van der Waals surface area contributed by atoms with E-state index >= 15 is 0 Å². The van der Waals surface area contributed by atoms with Crippen molar-refractivity contribution >= 4 is 5.69 Å². The minimum atomic E-state index is -0.453. The molecule has 6 nitrogen and oxygen atoms in total. The Hall–Kier alpha value is -1.66. The molecule has 0 saturated carbocycles. The van der Waals surface area contributed by atoms with Crippen LogP contribution in [0.4, 0.5) is 5.69 Å². The number of nitro groups is 1. The Balaban J connectivity index is 2.54. The molecule has 0 amide bonds. The van der Waals surface area contributed by atoms with E-state index in [-0.39, 0.29) is 12.3 Å². The fourth-order valence-corrected chi connectivity index (χ4v) is 1.65. The molecule has 0 heterocycles. The molecule has 0 aromatic heterocycles. The first-order chi connectivity index (χ1) is 8.69. The first kappa shape index (κ1) is 14.4. The van der Waals surface area contributed by atoms with Crippen molar-refractivity contribution in [1.29, 1.82) is 0 Å². The lowest BCUT2D eigenvalue weighted by atomic mass is 10.1. The maximum absolute atomic E-state index is 10.7. The van der Waals surface area contributed by atoms with E-state index in [0.29, 0.717) is 12.3 Å². The number of ether oxygens (including phenoxy) is 1. The van der Waals surface area contributed by atoms with Crippen molar-refractivity contribution < 1.29 is 14.8 Å². The van der Waals surface area contributed by atoms with E-state index in [4.69, 9.17) is 9.84 Å². The van der Waals surface area contributed by atoms with E-state index in [1.165, 1.54) is 13.2 Å². The van der Waals surface area contributed by atoms with Crippen LogP contribution in [0.25, 0.3) is 0 Å². The van der Waals surface area contributed by atoms with Gasteiger partial charge in [0, 0.05) is 12.6 Å². The lowest BCUT2D eigenvalue weighted by molar-refractivity contribution is -0.385. The lowest BCUT2D eigenvalue weighted by Gasteiger charge is -2.06. The van der Waals surface area contributed by atoms with Gasteiger partial charge in [-0.25, -0.2) is 0 Å². The third-order valence-corrected chi connectivity index (χ3v) is 2.55. The molecule has 18 heavy (non-hydrogen) atoms. The van der Waals surface area contributed by atoms with Crippen LogP contribution in [0.2, 0.25) is 0 Å². The van der Waals surface area contributed by atoms with Gasteiger partial charge in [0.1, 0.15) is 0 Å². The summed E-state index contributed by atoms with van der Waals surface area (Å²) in [6.45, 7) is 1.52. The Morgan fingerprint density at radius 1 is 1.44 bits per heavy atom. The van der Waals surface area contributed by atoms with Crippen LogP contribution in [0.1, 0.15) is 12.0 Å². The number of aliphatic hydroxyl groups is 1. The lowest BCUT2D eigenvalue weighted by Crippen LogP contribution is -2.19. The fraction of sp³-hybridized carbons (Fsp3) is 0.500. The zero-order valence-corrected chi connectivity index (χ0v) is 10.4. The molecule has 100 valence electrons. The van der Waals surface area contributed by atoms with E-state index in [1.807, 2.05) is 0 Å². The van der Waals surface area contributed by atoms with Crippen LogP contribution in [-0.2, 0) is 6.42 Å². The highest BCUT2D eigenvalue weighted by Crippen LogP contribution is 2.27. The molecule has 1 rings (SSSR count). The summed E-state index contributed by atoms with van der Waals surface area (Å²) in [7, 11) is 1.43. The number of rotatable bonds is 8. The maximum Gasteiger partial charge on any atom is 0.310 e. The molecule has 0 aliphatic heterocycles. The summed E-state index contributed by atoms with van der Waals surface area (Å²) in [6.07, 6.45) is 1.72. The second kappa shape index (κ2) is 7.62. The smallest absolute Gasteiger partial charge is 0.310 e. The molecule has 6 heteroatoms. The van der Waals surface area contributed by atoms with Crippen molar-refractivity contribution in [3.05, 3.63) is 33.9 Å². The number of nitrogens with zero attached hydrogens (tertiary/aromatic N) is 1. The Morgan fingerprint density at radius 3 is 2.83 bits per heavy atom. The molecule has 0 spiro atoms. The Morgan fingerprint density at radius 2 is 2.22 bits per heavy atom. The predicted octanol–water partition coefficient (Wildman–Crippen LogP) is 1.12. The number of nitro benzene ring substituents is 1. The maximum atomic E-state index is 10.7. The molecule has 0 atom stereocenters. The standard InChI is InChI=1S/C12H18N2O4/c1-18-12-9-10(3-2-6-13-7-8-15)4-5-11(12)14(16)17/h4-5,9,13,15H,2-3,6-8H2,1H3. The number of aryl methyl sites for hydroxylation is 1. The van der Waals surface area contributed by atoms with Gasteiger partial charge in [0.25, 0.3) is 0 Å². The van der Waals surface area contributed by atoms with Gasteiger partial charge in [0.15, 0.2) is 5.75 Å². The predicted molar refractivity (Wildman–Crippen MR) is 67.9 cm³/mol. The summed E-state index contributed by atoms with van der Waals surface area (Å²) in [5, 5.41) is 22.4. The monoisotopic (exact) mass is 254 g/mol. The third kappa shape index (κ3) is 4.31. The van der Waals surface area contributed by atoms with Crippen LogP contribution in [0.15, 0.2) is 18.2 Å². The molecule has 0 radical (unpaired) electrons. The summed E-state index contributed by atoms with van der Waals surface area (Å²) in [4.78, 5) is 10.3. The average molecular weight is 254 g/mol. The van der Waals surface area contributed by atoms with Gasteiger partial charge in [-0.15, -0.1) is 0 Å².